The first-order valence-corrected chi connectivity index (χ1v) is 7.46. The van der Waals surface area contributed by atoms with E-state index in [0.29, 0.717) is 5.92 Å². The number of benzene rings is 1. The number of nitrogens with zero attached hydrogens (tertiary/aromatic N) is 2. The zero-order valence-electron chi connectivity index (χ0n) is 12.6. The van der Waals surface area contributed by atoms with Gasteiger partial charge in [-0.15, -0.1) is 0 Å². The number of pyridine rings is 2. The van der Waals surface area contributed by atoms with Gasteiger partial charge in [0.2, 0.25) is 0 Å². The van der Waals surface area contributed by atoms with E-state index < -0.39 is 0 Å². The molecular formula is C19H16N2O. The van der Waals surface area contributed by atoms with Crippen molar-refractivity contribution in [1.29, 1.82) is 0 Å². The van der Waals surface area contributed by atoms with Gasteiger partial charge in [0, 0.05) is 23.3 Å². The van der Waals surface area contributed by atoms with Crippen LogP contribution in [0.15, 0.2) is 59.3 Å². The van der Waals surface area contributed by atoms with Gasteiger partial charge >= 0.3 is 0 Å². The van der Waals surface area contributed by atoms with Crippen LogP contribution >= 0.6 is 0 Å². The van der Waals surface area contributed by atoms with Crippen molar-refractivity contribution in [2.24, 2.45) is 0 Å². The molecule has 22 heavy (non-hydrogen) atoms. The van der Waals surface area contributed by atoms with E-state index in [4.69, 9.17) is 4.42 Å². The first-order chi connectivity index (χ1) is 10.7. The van der Waals surface area contributed by atoms with Gasteiger partial charge in [0.25, 0.3) is 0 Å². The summed E-state index contributed by atoms with van der Waals surface area (Å²) in [6.07, 6.45) is 3.76. The predicted octanol–water partition coefficient (Wildman–Crippen LogP) is 5.17. The van der Waals surface area contributed by atoms with Crippen LogP contribution in [0, 0.1) is 0 Å². The Morgan fingerprint density at radius 3 is 2.59 bits per heavy atom. The Balaban J connectivity index is 1.94. The van der Waals surface area contributed by atoms with Gasteiger partial charge in [0.1, 0.15) is 11.1 Å². The van der Waals surface area contributed by atoms with Gasteiger partial charge < -0.3 is 4.42 Å². The number of hydrogen-bond acceptors (Lipinski definition) is 3. The molecule has 4 aromatic rings. The van der Waals surface area contributed by atoms with Crippen LogP contribution in [0.4, 0.5) is 0 Å². The van der Waals surface area contributed by atoms with Crippen LogP contribution in [-0.2, 0) is 0 Å². The van der Waals surface area contributed by atoms with E-state index in [2.05, 4.69) is 35.9 Å². The topological polar surface area (TPSA) is 38.9 Å². The molecule has 3 nitrogen and oxygen atoms in total. The molecular weight excluding hydrogens is 272 g/mol. The standard InChI is InChI=1S/C19H16N2O/c1-12(2)13-7-8-16(21-11-13)14-9-10-20-18-15-5-3-4-6-17(15)22-19(14)18/h3-12H,1-2H3. The maximum Gasteiger partial charge on any atom is 0.163 e. The third-order valence-electron chi connectivity index (χ3n) is 3.99. The van der Waals surface area contributed by atoms with Crippen molar-refractivity contribution >= 4 is 22.1 Å². The highest BCUT2D eigenvalue weighted by atomic mass is 16.3. The molecule has 0 aliphatic rings. The molecule has 0 saturated heterocycles. The number of fused-ring (bicyclic) bond motifs is 3. The number of para-hydroxylation sites is 1. The SMILES string of the molecule is CC(C)c1ccc(-c2ccnc3c2oc2ccccc23)nc1. The van der Waals surface area contributed by atoms with E-state index in [1.807, 2.05) is 42.7 Å². The first kappa shape index (κ1) is 13.0. The molecule has 4 rings (SSSR count). The third-order valence-corrected chi connectivity index (χ3v) is 3.99. The Bertz CT molecular complexity index is 952. The molecule has 0 unspecified atom stereocenters. The lowest BCUT2D eigenvalue weighted by atomic mass is 10.0. The molecule has 0 aliphatic heterocycles. The highest BCUT2D eigenvalue weighted by molar-refractivity contribution is 6.06. The molecule has 108 valence electrons. The van der Waals surface area contributed by atoms with Gasteiger partial charge in [-0.1, -0.05) is 32.0 Å². The second kappa shape index (κ2) is 4.95. The lowest BCUT2D eigenvalue weighted by molar-refractivity contribution is 0.669. The third kappa shape index (κ3) is 1.98. The minimum absolute atomic E-state index is 0.477. The smallest absolute Gasteiger partial charge is 0.163 e. The molecule has 3 aromatic heterocycles. The van der Waals surface area contributed by atoms with E-state index in [1.54, 1.807) is 0 Å². The highest BCUT2D eigenvalue weighted by Gasteiger charge is 2.13. The highest BCUT2D eigenvalue weighted by Crippen LogP contribution is 2.33. The summed E-state index contributed by atoms with van der Waals surface area (Å²) in [6.45, 7) is 4.33. The Kier molecular flexibility index (Phi) is 2.93. The summed E-state index contributed by atoms with van der Waals surface area (Å²) in [6, 6.07) is 14.1. The van der Waals surface area contributed by atoms with Crippen molar-refractivity contribution in [3.63, 3.8) is 0 Å². The minimum Gasteiger partial charge on any atom is -0.454 e. The molecule has 0 spiro atoms. The number of furan rings is 1. The Labute approximate surface area is 128 Å². The summed E-state index contributed by atoms with van der Waals surface area (Å²) in [5.41, 5.74) is 5.68. The van der Waals surface area contributed by atoms with Crippen LogP contribution < -0.4 is 0 Å². The number of hydrogen-bond donors (Lipinski definition) is 0. The van der Waals surface area contributed by atoms with Crippen LogP contribution in [0.3, 0.4) is 0 Å². The lowest BCUT2D eigenvalue weighted by Gasteiger charge is -2.06. The van der Waals surface area contributed by atoms with E-state index in [-0.39, 0.29) is 0 Å². The quantitative estimate of drug-likeness (QED) is 0.511. The maximum absolute atomic E-state index is 6.01. The first-order valence-electron chi connectivity index (χ1n) is 7.46. The van der Waals surface area contributed by atoms with Crippen LogP contribution in [0.5, 0.6) is 0 Å². The summed E-state index contributed by atoms with van der Waals surface area (Å²) in [4.78, 5) is 9.08. The average molecular weight is 288 g/mol. The van der Waals surface area contributed by atoms with Gasteiger partial charge in [-0.25, -0.2) is 0 Å². The van der Waals surface area contributed by atoms with Crippen molar-refractivity contribution in [1.82, 2.24) is 9.97 Å². The van der Waals surface area contributed by atoms with Gasteiger partial charge in [-0.05, 0) is 35.7 Å². The summed E-state index contributed by atoms with van der Waals surface area (Å²) < 4.78 is 6.01. The zero-order chi connectivity index (χ0) is 15.1. The molecule has 0 atom stereocenters. The molecule has 3 heteroatoms. The van der Waals surface area contributed by atoms with Crippen molar-refractivity contribution < 1.29 is 4.42 Å². The van der Waals surface area contributed by atoms with Gasteiger partial charge in [0.15, 0.2) is 5.58 Å². The Morgan fingerprint density at radius 1 is 0.955 bits per heavy atom. The zero-order valence-corrected chi connectivity index (χ0v) is 12.6. The summed E-state index contributed by atoms with van der Waals surface area (Å²) in [5, 5.41) is 1.04. The summed E-state index contributed by atoms with van der Waals surface area (Å²) in [5.74, 6) is 0.477. The molecule has 0 saturated carbocycles. The number of aromatic nitrogens is 2. The molecule has 3 heterocycles. The lowest BCUT2D eigenvalue weighted by Crippen LogP contribution is -1.91. The van der Waals surface area contributed by atoms with E-state index in [1.165, 1.54) is 5.56 Å². The largest absolute Gasteiger partial charge is 0.454 e. The summed E-state index contributed by atoms with van der Waals surface area (Å²) in [7, 11) is 0. The van der Waals surface area contributed by atoms with Crippen LogP contribution in [0.25, 0.3) is 33.3 Å². The van der Waals surface area contributed by atoms with Crippen molar-refractivity contribution in [3.8, 4) is 11.3 Å². The van der Waals surface area contributed by atoms with E-state index >= 15 is 0 Å². The fourth-order valence-corrected chi connectivity index (χ4v) is 2.71. The second-order valence-corrected chi connectivity index (χ2v) is 5.77. The van der Waals surface area contributed by atoms with E-state index in [0.717, 1.165) is 33.3 Å². The molecule has 0 radical (unpaired) electrons. The van der Waals surface area contributed by atoms with Crippen LogP contribution in [0.1, 0.15) is 25.3 Å². The average Bonchev–Trinajstić information content (AvgIpc) is 2.93. The molecule has 0 bridgehead atoms. The molecule has 0 N–H and O–H groups in total. The fraction of sp³-hybridized carbons (Fsp3) is 0.158. The van der Waals surface area contributed by atoms with Gasteiger partial charge in [-0.3, -0.25) is 9.97 Å². The Morgan fingerprint density at radius 2 is 1.82 bits per heavy atom. The monoisotopic (exact) mass is 288 g/mol. The minimum atomic E-state index is 0.477. The molecule has 1 aromatic carbocycles. The normalized spacial score (nSPS) is 11.6. The fourth-order valence-electron chi connectivity index (χ4n) is 2.71. The summed E-state index contributed by atoms with van der Waals surface area (Å²) >= 11 is 0. The van der Waals surface area contributed by atoms with Crippen LogP contribution in [0.2, 0.25) is 0 Å². The second-order valence-electron chi connectivity index (χ2n) is 5.77. The van der Waals surface area contributed by atoms with Crippen molar-refractivity contribution in [2.45, 2.75) is 19.8 Å². The van der Waals surface area contributed by atoms with Gasteiger partial charge in [-0.2, -0.15) is 0 Å². The van der Waals surface area contributed by atoms with Crippen molar-refractivity contribution in [2.75, 3.05) is 0 Å². The Hall–Kier alpha value is -2.68. The van der Waals surface area contributed by atoms with E-state index in [9.17, 15) is 0 Å². The maximum atomic E-state index is 6.01. The van der Waals surface area contributed by atoms with Crippen LogP contribution in [-0.4, -0.2) is 9.97 Å². The van der Waals surface area contributed by atoms with Gasteiger partial charge in [0.05, 0.1) is 5.69 Å². The molecule has 0 amide bonds. The predicted molar refractivity (Wildman–Crippen MR) is 88.8 cm³/mol. The number of rotatable bonds is 2. The molecule has 0 aliphatic carbocycles. The molecule has 0 fully saturated rings. The van der Waals surface area contributed by atoms with Crippen molar-refractivity contribution in [3.05, 3.63) is 60.4 Å².